The predicted molar refractivity (Wildman–Crippen MR) is 76.5 cm³/mol. The lowest BCUT2D eigenvalue weighted by Crippen LogP contribution is -2.43. The zero-order valence-corrected chi connectivity index (χ0v) is 11.8. The van der Waals surface area contributed by atoms with Gasteiger partial charge in [-0.2, -0.15) is 0 Å². The molecule has 0 heterocycles. The molecule has 1 aromatic rings. The summed E-state index contributed by atoms with van der Waals surface area (Å²) >= 11 is 0. The summed E-state index contributed by atoms with van der Waals surface area (Å²) in [6.07, 6.45) is 4.52. The summed E-state index contributed by atoms with van der Waals surface area (Å²) in [6, 6.07) is 7.78. The first kappa shape index (κ1) is 14.6. The standard InChI is InChI=1S/C16H21NO3/c1-12(18)17-11-16(7-2-8-16)10-14-5-3-13(4-6-14)9-15(19)20/h3-6H,2,7-11H2,1H3,(H,17,18)(H,19,20). The zero-order chi connectivity index (χ0) is 14.6. The van der Waals surface area contributed by atoms with Gasteiger partial charge in [-0.25, -0.2) is 0 Å². The van der Waals surface area contributed by atoms with E-state index in [4.69, 9.17) is 5.11 Å². The summed E-state index contributed by atoms with van der Waals surface area (Å²) < 4.78 is 0. The van der Waals surface area contributed by atoms with Crippen molar-refractivity contribution in [1.29, 1.82) is 0 Å². The number of carboxylic acids is 1. The number of rotatable bonds is 6. The van der Waals surface area contributed by atoms with Gasteiger partial charge in [-0.15, -0.1) is 0 Å². The van der Waals surface area contributed by atoms with Gasteiger partial charge in [0.15, 0.2) is 0 Å². The van der Waals surface area contributed by atoms with Crippen molar-refractivity contribution in [3.05, 3.63) is 35.4 Å². The summed E-state index contributed by atoms with van der Waals surface area (Å²) in [7, 11) is 0. The quantitative estimate of drug-likeness (QED) is 0.836. The Morgan fingerprint density at radius 1 is 1.20 bits per heavy atom. The minimum atomic E-state index is -0.807. The number of carbonyl (C=O) groups is 2. The Hall–Kier alpha value is -1.84. The minimum Gasteiger partial charge on any atom is -0.481 e. The molecule has 2 rings (SSSR count). The Balaban J connectivity index is 1.97. The van der Waals surface area contributed by atoms with Crippen LogP contribution in [0.5, 0.6) is 0 Å². The average molecular weight is 275 g/mol. The summed E-state index contributed by atoms with van der Waals surface area (Å²) in [5, 5.41) is 11.7. The molecule has 4 heteroatoms. The molecule has 1 aliphatic rings. The number of amides is 1. The van der Waals surface area contributed by atoms with E-state index in [-0.39, 0.29) is 17.7 Å². The van der Waals surface area contributed by atoms with Crippen LogP contribution in [0.25, 0.3) is 0 Å². The SMILES string of the molecule is CC(=O)NCC1(Cc2ccc(CC(=O)O)cc2)CCC1. The van der Waals surface area contributed by atoms with Gasteiger partial charge in [0.1, 0.15) is 0 Å². The number of nitrogens with one attached hydrogen (secondary N) is 1. The molecule has 0 saturated heterocycles. The second-order valence-corrected chi connectivity index (χ2v) is 5.83. The van der Waals surface area contributed by atoms with Crippen LogP contribution in [0, 0.1) is 5.41 Å². The Morgan fingerprint density at radius 2 is 1.80 bits per heavy atom. The van der Waals surface area contributed by atoms with Crippen molar-refractivity contribution in [2.45, 2.75) is 39.0 Å². The lowest BCUT2D eigenvalue weighted by molar-refractivity contribution is -0.136. The van der Waals surface area contributed by atoms with Crippen LogP contribution in [-0.4, -0.2) is 23.5 Å². The normalized spacial score (nSPS) is 16.2. The third-order valence-electron chi connectivity index (χ3n) is 4.08. The van der Waals surface area contributed by atoms with Crippen molar-refractivity contribution in [3.8, 4) is 0 Å². The van der Waals surface area contributed by atoms with E-state index in [0.29, 0.717) is 0 Å². The molecule has 2 N–H and O–H groups in total. The van der Waals surface area contributed by atoms with Gasteiger partial charge in [-0.3, -0.25) is 9.59 Å². The van der Waals surface area contributed by atoms with Gasteiger partial charge in [0.2, 0.25) is 5.91 Å². The van der Waals surface area contributed by atoms with Crippen molar-refractivity contribution < 1.29 is 14.7 Å². The van der Waals surface area contributed by atoms with Crippen LogP contribution >= 0.6 is 0 Å². The van der Waals surface area contributed by atoms with Crippen LogP contribution in [0.4, 0.5) is 0 Å². The lowest BCUT2D eigenvalue weighted by atomic mass is 9.65. The maximum atomic E-state index is 11.1. The van der Waals surface area contributed by atoms with Crippen molar-refractivity contribution in [1.82, 2.24) is 5.32 Å². The molecule has 1 amide bonds. The molecular weight excluding hydrogens is 254 g/mol. The second-order valence-electron chi connectivity index (χ2n) is 5.83. The van der Waals surface area contributed by atoms with Gasteiger partial charge in [0.05, 0.1) is 6.42 Å². The maximum Gasteiger partial charge on any atom is 0.307 e. The molecule has 0 atom stereocenters. The number of carbonyl (C=O) groups excluding carboxylic acids is 1. The monoisotopic (exact) mass is 275 g/mol. The molecule has 1 aliphatic carbocycles. The molecule has 0 aliphatic heterocycles. The zero-order valence-electron chi connectivity index (χ0n) is 11.8. The number of aliphatic carboxylic acids is 1. The Morgan fingerprint density at radius 3 is 2.25 bits per heavy atom. The molecule has 0 radical (unpaired) electrons. The van der Waals surface area contributed by atoms with Crippen LogP contribution in [0.2, 0.25) is 0 Å². The Bertz CT molecular complexity index is 489. The van der Waals surface area contributed by atoms with E-state index in [2.05, 4.69) is 5.32 Å². The highest BCUT2D eigenvalue weighted by Crippen LogP contribution is 2.43. The fourth-order valence-electron chi connectivity index (χ4n) is 2.79. The minimum absolute atomic E-state index is 0.0214. The van der Waals surface area contributed by atoms with Crippen molar-refractivity contribution in [2.75, 3.05) is 6.54 Å². The molecule has 1 aromatic carbocycles. The molecule has 20 heavy (non-hydrogen) atoms. The largest absolute Gasteiger partial charge is 0.481 e. The molecule has 0 unspecified atom stereocenters. The smallest absolute Gasteiger partial charge is 0.307 e. The Kier molecular flexibility index (Phi) is 4.42. The van der Waals surface area contributed by atoms with E-state index in [9.17, 15) is 9.59 Å². The Labute approximate surface area is 119 Å². The molecule has 1 fully saturated rings. The van der Waals surface area contributed by atoms with Crippen molar-refractivity contribution >= 4 is 11.9 Å². The van der Waals surface area contributed by atoms with E-state index in [1.807, 2.05) is 24.3 Å². The second kappa shape index (κ2) is 6.07. The van der Waals surface area contributed by atoms with E-state index in [1.165, 1.54) is 12.0 Å². The number of benzene rings is 1. The molecule has 4 nitrogen and oxygen atoms in total. The molecular formula is C16H21NO3. The van der Waals surface area contributed by atoms with Crippen LogP contribution in [0.3, 0.4) is 0 Å². The molecule has 0 aromatic heterocycles. The molecule has 0 bridgehead atoms. The maximum absolute atomic E-state index is 11.1. The first-order valence-electron chi connectivity index (χ1n) is 7.03. The molecule has 1 saturated carbocycles. The van der Waals surface area contributed by atoms with Crippen LogP contribution < -0.4 is 5.32 Å². The third-order valence-corrected chi connectivity index (χ3v) is 4.08. The van der Waals surface area contributed by atoms with E-state index in [1.54, 1.807) is 6.92 Å². The van der Waals surface area contributed by atoms with E-state index < -0.39 is 5.97 Å². The number of hydrogen-bond acceptors (Lipinski definition) is 2. The summed E-state index contributed by atoms with van der Waals surface area (Å²) in [6.45, 7) is 2.28. The lowest BCUT2D eigenvalue weighted by Gasteiger charge is -2.42. The highest BCUT2D eigenvalue weighted by Gasteiger charge is 2.36. The van der Waals surface area contributed by atoms with Crippen LogP contribution in [0.15, 0.2) is 24.3 Å². The summed E-state index contributed by atoms with van der Waals surface area (Å²) in [5.41, 5.74) is 2.23. The summed E-state index contributed by atoms with van der Waals surface area (Å²) in [5.74, 6) is -0.785. The van der Waals surface area contributed by atoms with E-state index in [0.717, 1.165) is 31.4 Å². The first-order valence-corrected chi connectivity index (χ1v) is 7.03. The fraction of sp³-hybridized carbons (Fsp3) is 0.500. The molecule has 0 spiro atoms. The van der Waals surface area contributed by atoms with Gasteiger partial charge in [0, 0.05) is 13.5 Å². The number of hydrogen-bond donors (Lipinski definition) is 2. The average Bonchev–Trinajstić information content (AvgIpc) is 2.33. The highest BCUT2D eigenvalue weighted by molar-refractivity contribution is 5.72. The van der Waals surface area contributed by atoms with Crippen molar-refractivity contribution in [2.24, 2.45) is 5.41 Å². The van der Waals surface area contributed by atoms with Crippen LogP contribution in [0.1, 0.15) is 37.3 Å². The van der Waals surface area contributed by atoms with Gasteiger partial charge in [0.25, 0.3) is 0 Å². The molecule has 108 valence electrons. The van der Waals surface area contributed by atoms with Crippen LogP contribution in [-0.2, 0) is 22.4 Å². The van der Waals surface area contributed by atoms with Gasteiger partial charge >= 0.3 is 5.97 Å². The first-order chi connectivity index (χ1) is 9.49. The highest BCUT2D eigenvalue weighted by atomic mass is 16.4. The fourth-order valence-corrected chi connectivity index (χ4v) is 2.79. The topological polar surface area (TPSA) is 66.4 Å². The van der Waals surface area contributed by atoms with Gasteiger partial charge in [-0.05, 0) is 35.8 Å². The predicted octanol–water partition coefficient (Wildman–Crippen LogP) is 2.16. The van der Waals surface area contributed by atoms with Gasteiger partial charge in [-0.1, -0.05) is 30.7 Å². The summed E-state index contributed by atoms with van der Waals surface area (Å²) in [4.78, 5) is 21.7. The van der Waals surface area contributed by atoms with Gasteiger partial charge < -0.3 is 10.4 Å². The third kappa shape index (κ3) is 3.83. The number of carboxylic acid groups (broad SMARTS) is 1. The van der Waals surface area contributed by atoms with E-state index >= 15 is 0 Å². The van der Waals surface area contributed by atoms with Crippen molar-refractivity contribution in [3.63, 3.8) is 0 Å².